The van der Waals surface area contributed by atoms with Gasteiger partial charge in [0, 0.05) is 28.7 Å². The summed E-state index contributed by atoms with van der Waals surface area (Å²) in [5.74, 6) is 1.38. The third-order valence-electron chi connectivity index (χ3n) is 4.77. The summed E-state index contributed by atoms with van der Waals surface area (Å²) in [4.78, 5) is 16.1. The van der Waals surface area contributed by atoms with Gasteiger partial charge in [-0.2, -0.15) is 0 Å². The van der Waals surface area contributed by atoms with Crippen molar-refractivity contribution in [1.29, 1.82) is 0 Å². The van der Waals surface area contributed by atoms with Crippen LogP contribution in [0, 0.1) is 0 Å². The van der Waals surface area contributed by atoms with Crippen LogP contribution in [0.25, 0.3) is 10.9 Å². The summed E-state index contributed by atoms with van der Waals surface area (Å²) < 4.78 is 10.7. The average Bonchev–Trinajstić information content (AvgIpc) is 3.25. The first-order chi connectivity index (χ1) is 12.4. The van der Waals surface area contributed by atoms with Gasteiger partial charge in [0.25, 0.3) is 0 Å². The highest BCUT2D eigenvalue weighted by molar-refractivity contribution is 6.31. The molecule has 0 saturated carbocycles. The predicted molar refractivity (Wildman–Crippen MR) is 101 cm³/mol. The largest absolute Gasteiger partial charge is 0.454 e. The number of aromatic nitrogens is 1. The molecule has 1 amide bonds. The van der Waals surface area contributed by atoms with E-state index in [4.69, 9.17) is 21.1 Å². The number of amides is 1. The molecule has 2 heterocycles. The number of carbonyl (C=O) groups is 1. The number of hydrogen-bond acceptors (Lipinski definition) is 3. The fourth-order valence-electron chi connectivity index (χ4n) is 3.19. The van der Waals surface area contributed by atoms with Crippen molar-refractivity contribution in [2.45, 2.75) is 25.8 Å². The van der Waals surface area contributed by atoms with Gasteiger partial charge in [-0.25, -0.2) is 0 Å². The molecule has 5 nitrogen and oxygen atoms in total. The lowest BCUT2D eigenvalue weighted by molar-refractivity contribution is -0.125. The molecule has 0 spiro atoms. The molecule has 0 unspecified atom stereocenters. The normalized spacial score (nSPS) is 13.2. The molecule has 3 aromatic rings. The molecule has 0 fully saturated rings. The van der Waals surface area contributed by atoms with E-state index in [1.54, 1.807) is 0 Å². The highest BCUT2D eigenvalue weighted by Crippen LogP contribution is 2.34. The molecular weight excluding hydrogens is 352 g/mol. The van der Waals surface area contributed by atoms with Gasteiger partial charge < -0.3 is 19.8 Å². The molecule has 1 aliphatic heterocycles. The predicted octanol–water partition coefficient (Wildman–Crippen LogP) is 4.14. The van der Waals surface area contributed by atoms with Crippen LogP contribution in [0.4, 0.5) is 0 Å². The van der Waals surface area contributed by atoms with Crippen LogP contribution in [0.15, 0.2) is 42.6 Å². The number of fused-ring (bicyclic) bond motifs is 2. The van der Waals surface area contributed by atoms with Crippen molar-refractivity contribution in [1.82, 2.24) is 10.3 Å². The number of carbonyl (C=O) groups excluding carboxylic acids is 1. The molecule has 0 bridgehead atoms. The number of ether oxygens (including phenoxy) is 2. The zero-order valence-corrected chi connectivity index (χ0v) is 15.3. The van der Waals surface area contributed by atoms with E-state index in [0.29, 0.717) is 17.3 Å². The zero-order chi connectivity index (χ0) is 18.3. The first-order valence-electron chi connectivity index (χ1n) is 8.39. The maximum atomic E-state index is 12.9. The maximum Gasteiger partial charge on any atom is 0.231 e. The van der Waals surface area contributed by atoms with Gasteiger partial charge in [-0.15, -0.1) is 0 Å². The summed E-state index contributed by atoms with van der Waals surface area (Å²) in [7, 11) is 0. The molecular formula is C20H19ClN2O3. The number of hydrogen-bond donors (Lipinski definition) is 2. The Hall–Kier alpha value is -2.66. The molecule has 134 valence electrons. The molecule has 0 aliphatic carbocycles. The minimum Gasteiger partial charge on any atom is -0.454 e. The Morgan fingerprint density at radius 1 is 1.19 bits per heavy atom. The Labute approximate surface area is 156 Å². The van der Waals surface area contributed by atoms with E-state index in [-0.39, 0.29) is 12.7 Å². The van der Waals surface area contributed by atoms with Gasteiger partial charge in [0.2, 0.25) is 12.7 Å². The number of aromatic amines is 1. The van der Waals surface area contributed by atoms with Crippen LogP contribution >= 0.6 is 11.6 Å². The number of halogens is 1. The number of H-pyrrole nitrogens is 1. The van der Waals surface area contributed by atoms with Gasteiger partial charge in [0.05, 0.1) is 5.41 Å². The van der Waals surface area contributed by atoms with E-state index in [1.807, 2.05) is 56.4 Å². The van der Waals surface area contributed by atoms with Gasteiger partial charge in [0.1, 0.15) is 0 Å². The molecule has 1 aliphatic rings. The Kier molecular flexibility index (Phi) is 4.04. The molecule has 2 aromatic carbocycles. The third kappa shape index (κ3) is 2.88. The minimum atomic E-state index is -0.709. The van der Waals surface area contributed by atoms with Crippen molar-refractivity contribution in [3.63, 3.8) is 0 Å². The van der Waals surface area contributed by atoms with Gasteiger partial charge in [-0.3, -0.25) is 4.79 Å². The monoisotopic (exact) mass is 370 g/mol. The van der Waals surface area contributed by atoms with Crippen molar-refractivity contribution in [2.24, 2.45) is 0 Å². The topological polar surface area (TPSA) is 63.4 Å². The SMILES string of the molecule is CC(C)(C(=O)NCc1ccc2c(c1)OCO2)c1c[nH]c2ccc(Cl)cc12. The summed E-state index contributed by atoms with van der Waals surface area (Å²) in [5, 5.41) is 4.62. The standard InChI is InChI=1S/C20H19ClN2O3/c1-20(2,15-10-22-16-5-4-13(21)8-14(15)16)19(24)23-9-12-3-6-17-18(7-12)26-11-25-17/h3-8,10,22H,9,11H2,1-2H3,(H,23,24). The number of benzene rings is 2. The number of rotatable bonds is 4. The van der Waals surface area contributed by atoms with E-state index in [0.717, 1.165) is 27.8 Å². The molecule has 0 atom stereocenters. The molecule has 0 saturated heterocycles. The van der Waals surface area contributed by atoms with Gasteiger partial charge in [-0.05, 0) is 55.3 Å². The van der Waals surface area contributed by atoms with Gasteiger partial charge in [0.15, 0.2) is 11.5 Å². The van der Waals surface area contributed by atoms with Crippen molar-refractivity contribution in [2.75, 3.05) is 6.79 Å². The summed E-state index contributed by atoms with van der Waals surface area (Å²) >= 11 is 6.13. The first-order valence-corrected chi connectivity index (χ1v) is 8.77. The minimum absolute atomic E-state index is 0.0592. The maximum absolute atomic E-state index is 12.9. The molecule has 6 heteroatoms. The van der Waals surface area contributed by atoms with E-state index >= 15 is 0 Å². The van der Waals surface area contributed by atoms with Crippen LogP contribution in [0.3, 0.4) is 0 Å². The van der Waals surface area contributed by atoms with Gasteiger partial charge >= 0.3 is 0 Å². The second-order valence-electron chi connectivity index (χ2n) is 6.89. The van der Waals surface area contributed by atoms with Crippen molar-refractivity contribution < 1.29 is 14.3 Å². The Morgan fingerprint density at radius 3 is 2.85 bits per heavy atom. The smallest absolute Gasteiger partial charge is 0.231 e. The second-order valence-corrected chi connectivity index (χ2v) is 7.32. The van der Waals surface area contributed by atoms with E-state index in [9.17, 15) is 4.79 Å². The fraction of sp³-hybridized carbons (Fsp3) is 0.250. The fourth-order valence-corrected chi connectivity index (χ4v) is 3.36. The Bertz CT molecular complexity index is 994. The molecule has 0 radical (unpaired) electrons. The second kappa shape index (κ2) is 6.25. The third-order valence-corrected chi connectivity index (χ3v) is 5.01. The highest BCUT2D eigenvalue weighted by Gasteiger charge is 2.32. The van der Waals surface area contributed by atoms with Crippen LogP contribution in [0.5, 0.6) is 11.5 Å². The molecule has 26 heavy (non-hydrogen) atoms. The highest BCUT2D eigenvalue weighted by atomic mass is 35.5. The van der Waals surface area contributed by atoms with E-state index < -0.39 is 5.41 Å². The van der Waals surface area contributed by atoms with Crippen LogP contribution in [0.2, 0.25) is 5.02 Å². The summed E-state index contributed by atoms with van der Waals surface area (Å²) in [6, 6.07) is 11.3. The van der Waals surface area contributed by atoms with E-state index in [2.05, 4.69) is 10.3 Å². The molecule has 1 aromatic heterocycles. The van der Waals surface area contributed by atoms with Crippen molar-refractivity contribution in [3.05, 3.63) is 58.7 Å². The Balaban J connectivity index is 1.53. The quantitative estimate of drug-likeness (QED) is 0.725. The van der Waals surface area contributed by atoms with E-state index in [1.165, 1.54) is 0 Å². The lowest BCUT2D eigenvalue weighted by Gasteiger charge is -2.23. The zero-order valence-electron chi connectivity index (χ0n) is 14.6. The lowest BCUT2D eigenvalue weighted by Crippen LogP contribution is -2.39. The van der Waals surface area contributed by atoms with Crippen LogP contribution in [0.1, 0.15) is 25.0 Å². The van der Waals surface area contributed by atoms with Crippen molar-refractivity contribution >= 4 is 28.4 Å². The van der Waals surface area contributed by atoms with Crippen LogP contribution in [-0.4, -0.2) is 17.7 Å². The molecule has 4 rings (SSSR count). The van der Waals surface area contributed by atoms with Crippen LogP contribution < -0.4 is 14.8 Å². The average molecular weight is 371 g/mol. The summed E-state index contributed by atoms with van der Waals surface area (Å²) in [6.45, 7) is 4.47. The Morgan fingerprint density at radius 2 is 2.00 bits per heavy atom. The van der Waals surface area contributed by atoms with Crippen molar-refractivity contribution in [3.8, 4) is 11.5 Å². The van der Waals surface area contributed by atoms with Crippen LogP contribution in [-0.2, 0) is 16.8 Å². The summed E-state index contributed by atoms with van der Waals surface area (Å²) in [6.07, 6.45) is 1.88. The van der Waals surface area contributed by atoms with Gasteiger partial charge in [-0.1, -0.05) is 17.7 Å². The first kappa shape index (κ1) is 16.8. The molecule has 2 N–H and O–H groups in total. The summed E-state index contributed by atoms with van der Waals surface area (Å²) in [5.41, 5.74) is 2.12. The number of nitrogens with one attached hydrogen (secondary N) is 2. The lowest BCUT2D eigenvalue weighted by atomic mass is 9.83.